The monoisotopic (exact) mass is 354 g/mol. The molecule has 2 aromatic carbocycles. The van der Waals surface area contributed by atoms with Crippen LogP contribution < -0.4 is 0 Å². The summed E-state index contributed by atoms with van der Waals surface area (Å²) in [5, 5.41) is 3.94. The summed E-state index contributed by atoms with van der Waals surface area (Å²) in [6.07, 6.45) is 0. The van der Waals surface area contributed by atoms with E-state index in [1.807, 2.05) is 11.3 Å². The number of rotatable bonds is 0. The molecule has 0 N–H and O–H groups in total. The highest BCUT2D eigenvalue weighted by molar-refractivity contribution is 9.11. The lowest BCUT2D eigenvalue weighted by atomic mass is 10.1. The first-order valence-corrected chi connectivity index (χ1v) is 7.34. The second kappa shape index (κ2) is 3.83. The van der Waals surface area contributed by atoms with Crippen molar-refractivity contribution in [1.29, 1.82) is 0 Å². The van der Waals surface area contributed by atoms with E-state index in [1.165, 1.54) is 34.7 Å². The highest BCUT2D eigenvalue weighted by Gasteiger charge is 2.11. The maximum Gasteiger partial charge on any atom is 0.0740 e. The Bertz CT molecular complexity index is 698. The third kappa shape index (κ3) is 1.45. The Morgan fingerprint density at radius 2 is 1.69 bits per heavy atom. The predicted molar refractivity (Wildman–Crippen MR) is 79.5 cm³/mol. The van der Waals surface area contributed by atoms with E-state index in [9.17, 15) is 0 Å². The Morgan fingerprint density at radius 3 is 2.44 bits per heavy atom. The Labute approximate surface area is 115 Å². The van der Waals surface area contributed by atoms with Gasteiger partial charge in [0.25, 0.3) is 0 Å². The van der Waals surface area contributed by atoms with Gasteiger partial charge < -0.3 is 0 Å². The van der Waals surface area contributed by atoms with Crippen molar-refractivity contribution in [3.63, 3.8) is 0 Å². The van der Waals surface area contributed by atoms with Gasteiger partial charge in [-0.05, 0) is 45.3 Å². The van der Waals surface area contributed by atoms with E-state index < -0.39 is 0 Å². The largest absolute Gasteiger partial charge is 0.127 e. The molecule has 16 heavy (non-hydrogen) atoms. The minimum Gasteiger partial charge on any atom is -0.127 e. The van der Waals surface area contributed by atoms with Crippen LogP contribution in [-0.2, 0) is 0 Å². The van der Waals surface area contributed by atoms with Crippen LogP contribution in [0.5, 0.6) is 0 Å². The van der Waals surface area contributed by atoms with Gasteiger partial charge in [-0.25, -0.2) is 0 Å². The van der Waals surface area contributed by atoms with Gasteiger partial charge in [-0.15, -0.1) is 11.3 Å². The third-order valence-corrected chi connectivity index (χ3v) is 5.70. The molecule has 0 atom stereocenters. The van der Waals surface area contributed by atoms with Crippen molar-refractivity contribution in [1.82, 2.24) is 0 Å². The van der Waals surface area contributed by atoms with Crippen molar-refractivity contribution in [2.24, 2.45) is 0 Å². The van der Waals surface area contributed by atoms with Gasteiger partial charge >= 0.3 is 0 Å². The molecule has 0 aliphatic carbocycles. The van der Waals surface area contributed by atoms with Crippen molar-refractivity contribution in [3.8, 4) is 0 Å². The minimum atomic E-state index is 1.17. The topological polar surface area (TPSA) is 0 Å². The average Bonchev–Trinajstić information content (AvgIpc) is 2.57. The number of thiophene rings is 1. The first-order chi connectivity index (χ1) is 7.68. The molecule has 3 rings (SSSR count). The molecule has 0 unspecified atom stereocenters. The normalized spacial score (nSPS) is 11.4. The van der Waals surface area contributed by atoms with Crippen LogP contribution in [0.25, 0.3) is 20.9 Å². The van der Waals surface area contributed by atoms with Crippen molar-refractivity contribution < 1.29 is 0 Å². The van der Waals surface area contributed by atoms with E-state index in [-0.39, 0.29) is 0 Å². The average molecular weight is 356 g/mol. The number of benzene rings is 2. The molecule has 0 nitrogen and oxygen atoms in total. The molecule has 0 bridgehead atoms. The number of fused-ring (bicyclic) bond motifs is 3. The van der Waals surface area contributed by atoms with E-state index >= 15 is 0 Å². The Morgan fingerprint density at radius 1 is 1.00 bits per heavy atom. The Hall–Kier alpha value is -0.380. The smallest absolute Gasteiger partial charge is 0.0740 e. The summed E-state index contributed by atoms with van der Waals surface area (Å²) in [5.74, 6) is 0. The van der Waals surface area contributed by atoms with Crippen LogP contribution in [0.15, 0.2) is 38.6 Å². The van der Waals surface area contributed by atoms with E-state index in [0.29, 0.717) is 0 Å². The molecule has 0 aliphatic rings. The Balaban J connectivity index is 2.64. The summed E-state index contributed by atoms with van der Waals surface area (Å²) in [6.45, 7) is 2.16. The molecular weight excluding hydrogens is 348 g/mol. The van der Waals surface area contributed by atoms with Gasteiger partial charge in [-0.1, -0.05) is 40.2 Å². The zero-order valence-electron chi connectivity index (χ0n) is 8.55. The van der Waals surface area contributed by atoms with Crippen LogP contribution in [0.4, 0.5) is 0 Å². The lowest BCUT2D eigenvalue weighted by molar-refractivity contribution is 1.57. The lowest BCUT2D eigenvalue weighted by Gasteiger charge is -2.02. The summed E-state index contributed by atoms with van der Waals surface area (Å²) in [7, 11) is 0. The first-order valence-electron chi connectivity index (χ1n) is 4.94. The van der Waals surface area contributed by atoms with Gasteiger partial charge in [-0.3, -0.25) is 0 Å². The summed E-state index contributed by atoms with van der Waals surface area (Å²) in [4.78, 5) is 0. The molecule has 80 valence electrons. The van der Waals surface area contributed by atoms with Crippen LogP contribution in [-0.4, -0.2) is 0 Å². The van der Waals surface area contributed by atoms with Crippen LogP contribution in [0.2, 0.25) is 0 Å². The number of halogens is 2. The zero-order valence-corrected chi connectivity index (χ0v) is 12.5. The van der Waals surface area contributed by atoms with Crippen LogP contribution in [0, 0.1) is 6.92 Å². The maximum absolute atomic E-state index is 3.65. The van der Waals surface area contributed by atoms with Gasteiger partial charge in [0, 0.05) is 14.6 Å². The van der Waals surface area contributed by atoms with Crippen molar-refractivity contribution in [2.75, 3.05) is 0 Å². The SMILES string of the molecule is Cc1c(Br)sc2c1cc(Br)c1ccccc12. The minimum absolute atomic E-state index is 1.17. The van der Waals surface area contributed by atoms with Gasteiger partial charge in [0.1, 0.15) is 0 Å². The fourth-order valence-electron chi connectivity index (χ4n) is 1.97. The molecule has 0 radical (unpaired) electrons. The summed E-state index contributed by atoms with van der Waals surface area (Å²) >= 11 is 9.09. The molecule has 3 aromatic rings. The lowest BCUT2D eigenvalue weighted by Crippen LogP contribution is -1.76. The quantitative estimate of drug-likeness (QED) is 0.471. The van der Waals surface area contributed by atoms with E-state index in [2.05, 4.69) is 69.1 Å². The number of aryl methyl sites for hydroxylation is 1. The molecule has 0 amide bonds. The van der Waals surface area contributed by atoms with Gasteiger partial charge in [0.2, 0.25) is 0 Å². The first kappa shape index (κ1) is 10.8. The zero-order chi connectivity index (χ0) is 11.3. The van der Waals surface area contributed by atoms with E-state index in [4.69, 9.17) is 0 Å². The second-order valence-corrected chi connectivity index (χ2v) is 6.97. The number of hydrogen-bond donors (Lipinski definition) is 0. The molecule has 1 aromatic heterocycles. The molecule has 0 saturated heterocycles. The third-order valence-electron chi connectivity index (χ3n) is 2.84. The summed E-state index contributed by atoms with van der Waals surface area (Å²) < 4.78 is 3.76. The van der Waals surface area contributed by atoms with Gasteiger partial charge in [-0.2, -0.15) is 0 Å². The fourth-order valence-corrected chi connectivity index (χ4v) is 4.29. The van der Waals surface area contributed by atoms with Crippen LogP contribution in [0.3, 0.4) is 0 Å². The molecule has 0 saturated carbocycles. The highest BCUT2D eigenvalue weighted by atomic mass is 79.9. The predicted octanol–water partition coefficient (Wildman–Crippen LogP) is 5.89. The van der Waals surface area contributed by atoms with E-state index in [0.717, 1.165) is 0 Å². The fraction of sp³-hybridized carbons (Fsp3) is 0.0769. The summed E-state index contributed by atoms with van der Waals surface area (Å²) in [5.41, 5.74) is 1.33. The van der Waals surface area contributed by atoms with Crippen molar-refractivity contribution in [3.05, 3.63) is 44.2 Å². The number of hydrogen-bond acceptors (Lipinski definition) is 1. The Kier molecular flexibility index (Phi) is 2.57. The molecule has 0 fully saturated rings. The molecule has 0 spiro atoms. The summed E-state index contributed by atoms with van der Waals surface area (Å²) in [6, 6.07) is 10.7. The molecule has 1 heterocycles. The molecule has 3 heteroatoms. The maximum atomic E-state index is 3.65. The standard InChI is InChI=1S/C13H8Br2S/c1-7-10-6-11(14)8-4-2-3-5-9(8)12(10)16-13(7)15/h2-6H,1H3. The van der Waals surface area contributed by atoms with Crippen molar-refractivity contribution >= 4 is 64.1 Å². The second-order valence-electron chi connectivity index (χ2n) is 3.78. The van der Waals surface area contributed by atoms with Crippen molar-refractivity contribution in [2.45, 2.75) is 6.92 Å². The molecular formula is C13H8Br2S. The van der Waals surface area contributed by atoms with Crippen LogP contribution in [0.1, 0.15) is 5.56 Å². The highest BCUT2D eigenvalue weighted by Crippen LogP contribution is 2.41. The molecule has 0 aliphatic heterocycles. The van der Waals surface area contributed by atoms with Crippen LogP contribution >= 0.6 is 43.2 Å². The van der Waals surface area contributed by atoms with Gasteiger partial charge in [0.15, 0.2) is 0 Å². The van der Waals surface area contributed by atoms with Gasteiger partial charge in [0.05, 0.1) is 3.79 Å². The van der Waals surface area contributed by atoms with E-state index in [1.54, 1.807) is 0 Å².